The quantitative estimate of drug-likeness (QED) is 0.622. The van der Waals surface area contributed by atoms with E-state index in [4.69, 9.17) is 4.74 Å². The average molecular weight is 482 g/mol. The Hall–Kier alpha value is -3.42. The number of ether oxygens (including phenoxy) is 1. The highest BCUT2D eigenvalue weighted by atomic mass is 19.1. The lowest BCUT2D eigenvalue weighted by Crippen LogP contribution is -2.48. The summed E-state index contributed by atoms with van der Waals surface area (Å²) in [5.74, 6) is -1.23. The van der Waals surface area contributed by atoms with Gasteiger partial charge in [-0.05, 0) is 49.9 Å². The van der Waals surface area contributed by atoms with Crippen LogP contribution in [0, 0.1) is 11.7 Å². The predicted octanol–water partition coefficient (Wildman–Crippen LogP) is 4.14. The summed E-state index contributed by atoms with van der Waals surface area (Å²) in [7, 11) is 0. The first-order valence-electron chi connectivity index (χ1n) is 12.4. The summed E-state index contributed by atoms with van der Waals surface area (Å²) in [5, 5.41) is 5.65. The molecular formula is C27H32FN3O4. The third kappa shape index (κ3) is 6.59. The van der Waals surface area contributed by atoms with Crippen LogP contribution < -0.4 is 15.4 Å². The van der Waals surface area contributed by atoms with Crippen LogP contribution in [0.1, 0.15) is 55.3 Å². The van der Waals surface area contributed by atoms with Gasteiger partial charge in [0, 0.05) is 19.1 Å². The molecule has 1 unspecified atom stereocenters. The second-order valence-corrected chi connectivity index (χ2v) is 9.25. The van der Waals surface area contributed by atoms with Gasteiger partial charge in [-0.25, -0.2) is 4.39 Å². The molecule has 4 rings (SSSR count). The summed E-state index contributed by atoms with van der Waals surface area (Å²) in [6.07, 6.45) is 7.08. The number of carbonyl (C=O) groups is 3. The zero-order valence-electron chi connectivity index (χ0n) is 19.8. The van der Waals surface area contributed by atoms with Gasteiger partial charge >= 0.3 is 0 Å². The smallest absolute Gasteiger partial charge is 0.262 e. The van der Waals surface area contributed by atoms with E-state index in [0.717, 1.165) is 38.5 Å². The Morgan fingerprint density at radius 3 is 2.49 bits per heavy atom. The number of likely N-dealkylation sites (tertiary alicyclic amines) is 1. The number of amides is 3. The maximum absolute atomic E-state index is 13.8. The van der Waals surface area contributed by atoms with Crippen molar-refractivity contribution in [3.8, 4) is 5.75 Å². The molecule has 2 fully saturated rings. The molecule has 0 spiro atoms. The van der Waals surface area contributed by atoms with Crippen LogP contribution in [0.15, 0.2) is 48.5 Å². The molecule has 1 aliphatic heterocycles. The van der Waals surface area contributed by atoms with Crippen LogP contribution in [0.4, 0.5) is 10.1 Å². The molecule has 1 saturated heterocycles. The van der Waals surface area contributed by atoms with Crippen LogP contribution in [-0.4, -0.2) is 48.4 Å². The molecule has 0 bridgehead atoms. The highest BCUT2D eigenvalue weighted by molar-refractivity contribution is 5.98. The summed E-state index contributed by atoms with van der Waals surface area (Å²) < 4.78 is 19.4. The van der Waals surface area contributed by atoms with E-state index in [9.17, 15) is 18.8 Å². The van der Waals surface area contributed by atoms with Crippen molar-refractivity contribution in [1.29, 1.82) is 0 Å². The number of nitrogens with zero attached hydrogens (tertiary/aromatic N) is 1. The van der Waals surface area contributed by atoms with E-state index < -0.39 is 11.7 Å². The lowest BCUT2D eigenvalue weighted by Gasteiger charge is -2.33. The Morgan fingerprint density at radius 2 is 1.69 bits per heavy atom. The van der Waals surface area contributed by atoms with E-state index in [0.29, 0.717) is 18.7 Å². The van der Waals surface area contributed by atoms with Crippen molar-refractivity contribution in [3.63, 3.8) is 0 Å². The van der Waals surface area contributed by atoms with Crippen molar-refractivity contribution in [2.45, 2.75) is 51.0 Å². The molecule has 1 saturated carbocycles. The summed E-state index contributed by atoms with van der Waals surface area (Å²) in [6.45, 7) is 0.554. The standard InChI is InChI=1S/C27H32FN3O4/c28-22-13-5-6-14-23(22)30-25(32)18-35-24-15-7-4-12-21(24)27(34)31-16-8-9-19(17-31)26(33)29-20-10-2-1-3-11-20/h4-7,12-15,19-20H,1-3,8-11,16-18H2,(H,29,33)(H,30,32). The van der Waals surface area contributed by atoms with Crippen LogP contribution in [-0.2, 0) is 9.59 Å². The first-order valence-corrected chi connectivity index (χ1v) is 12.4. The van der Waals surface area contributed by atoms with Gasteiger partial charge < -0.3 is 20.3 Å². The molecule has 3 amide bonds. The van der Waals surface area contributed by atoms with E-state index in [-0.39, 0.29) is 41.8 Å². The SMILES string of the molecule is O=C(COc1ccccc1C(=O)N1CCCC(C(=O)NC2CCCCC2)C1)Nc1ccccc1F. The number of benzene rings is 2. The number of hydrogen-bond donors (Lipinski definition) is 2. The van der Waals surface area contributed by atoms with Crippen LogP contribution in [0.25, 0.3) is 0 Å². The third-order valence-electron chi connectivity index (χ3n) is 6.66. The van der Waals surface area contributed by atoms with Gasteiger partial charge in [0.15, 0.2) is 6.61 Å². The molecule has 186 valence electrons. The van der Waals surface area contributed by atoms with Crippen molar-refractivity contribution >= 4 is 23.4 Å². The highest BCUT2D eigenvalue weighted by Crippen LogP contribution is 2.25. The fourth-order valence-corrected chi connectivity index (χ4v) is 4.77. The van der Waals surface area contributed by atoms with Crippen LogP contribution >= 0.6 is 0 Å². The molecule has 0 aromatic heterocycles. The fourth-order valence-electron chi connectivity index (χ4n) is 4.77. The van der Waals surface area contributed by atoms with Gasteiger partial charge in [-0.1, -0.05) is 43.5 Å². The Morgan fingerprint density at radius 1 is 0.943 bits per heavy atom. The van der Waals surface area contributed by atoms with Crippen LogP contribution in [0.5, 0.6) is 5.75 Å². The zero-order valence-corrected chi connectivity index (χ0v) is 19.8. The number of piperidine rings is 1. The largest absolute Gasteiger partial charge is 0.483 e. The Bertz CT molecular complexity index is 1050. The first-order chi connectivity index (χ1) is 17.0. The van der Waals surface area contributed by atoms with E-state index in [2.05, 4.69) is 10.6 Å². The predicted molar refractivity (Wildman–Crippen MR) is 131 cm³/mol. The van der Waals surface area contributed by atoms with Gasteiger partial charge in [0.1, 0.15) is 11.6 Å². The van der Waals surface area contributed by atoms with Gasteiger partial charge in [0.2, 0.25) is 5.91 Å². The van der Waals surface area contributed by atoms with Gasteiger partial charge in [-0.2, -0.15) is 0 Å². The number of carbonyl (C=O) groups excluding carboxylic acids is 3. The number of hydrogen-bond acceptors (Lipinski definition) is 4. The van der Waals surface area contributed by atoms with Crippen molar-refractivity contribution in [2.24, 2.45) is 5.92 Å². The average Bonchev–Trinajstić information content (AvgIpc) is 2.89. The summed E-state index contributed by atoms with van der Waals surface area (Å²) in [4.78, 5) is 40.1. The molecule has 7 nitrogen and oxygen atoms in total. The number of rotatable bonds is 7. The van der Waals surface area contributed by atoms with Crippen LogP contribution in [0.3, 0.4) is 0 Å². The maximum Gasteiger partial charge on any atom is 0.262 e. The molecule has 1 atom stereocenters. The van der Waals surface area contributed by atoms with Gasteiger partial charge in [0.05, 0.1) is 17.2 Å². The molecule has 2 aromatic carbocycles. The van der Waals surface area contributed by atoms with Crippen molar-refractivity contribution in [1.82, 2.24) is 10.2 Å². The second kappa shape index (κ2) is 11.8. The zero-order chi connectivity index (χ0) is 24.6. The highest BCUT2D eigenvalue weighted by Gasteiger charge is 2.31. The summed E-state index contributed by atoms with van der Waals surface area (Å²) >= 11 is 0. The molecule has 2 aromatic rings. The normalized spacial score (nSPS) is 18.5. The summed E-state index contributed by atoms with van der Waals surface area (Å²) in [6, 6.07) is 12.8. The Labute approximate surface area is 205 Å². The first kappa shape index (κ1) is 24.7. The number of nitrogens with one attached hydrogen (secondary N) is 2. The second-order valence-electron chi connectivity index (χ2n) is 9.25. The molecule has 1 aliphatic carbocycles. The van der Waals surface area contributed by atoms with Crippen molar-refractivity contribution in [3.05, 3.63) is 59.9 Å². The molecule has 2 aliphatic rings. The van der Waals surface area contributed by atoms with Gasteiger partial charge in [0.25, 0.3) is 11.8 Å². The Kier molecular flexibility index (Phi) is 8.34. The van der Waals surface area contributed by atoms with Crippen molar-refractivity contribution < 1.29 is 23.5 Å². The lowest BCUT2D eigenvalue weighted by molar-refractivity contribution is -0.127. The van der Waals surface area contributed by atoms with E-state index in [1.807, 2.05) is 0 Å². The molecule has 2 N–H and O–H groups in total. The minimum atomic E-state index is -0.538. The van der Waals surface area contributed by atoms with E-state index in [1.54, 1.807) is 35.2 Å². The molecule has 8 heteroatoms. The molecule has 0 radical (unpaired) electrons. The molecular weight excluding hydrogens is 449 g/mol. The Balaban J connectivity index is 1.35. The van der Waals surface area contributed by atoms with E-state index in [1.165, 1.54) is 24.6 Å². The fraction of sp³-hybridized carbons (Fsp3) is 0.444. The lowest BCUT2D eigenvalue weighted by atomic mass is 9.92. The number of halogens is 1. The van der Waals surface area contributed by atoms with Crippen molar-refractivity contribution in [2.75, 3.05) is 25.0 Å². The van der Waals surface area contributed by atoms with Gasteiger partial charge in [-0.15, -0.1) is 0 Å². The monoisotopic (exact) mass is 481 g/mol. The molecule has 1 heterocycles. The third-order valence-corrected chi connectivity index (χ3v) is 6.66. The van der Waals surface area contributed by atoms with Gasteiger partial charge in [-0.3, -0.25) is 14.4 Å². The topological polar surface area (TPSA) is 87.7 Å². The van der Waals surface area contributed by atoms with E-state index >= 15 is 0 Å². The summed E-state index contributed by atoms with van der Waals surface area (Å²) in [5.41, 5.74) is 0.399. The van der Waals surface area contributed by atoms with Crippen LogP contribution in [0.2, 0.25) is 0 Å². The maximum atomic E-state index is 13.8. The number of anilines is 1. The molecule has 35 heavy (non-hydrogen) atoms. The minimum Gasteiger partial charge on any atom is -0.483 e. The minimum absolute atomic E-state index is 0.0313. The number of para-hydroxylation sites is 2.